The maximum absolute atomic E-state index is 11.8. The summed E-state index contributed by atoms with van der Waals surface area (Å²) in [6, 6.07) is 1.53. The molecule has 0 amide bonds. The molecule has 1 rings (SSSR count). The van der Waals surface area contributed by atoms with Crippen molar-refractivity contribution in [3.63, 3.8) is 0 Å². The van der Waals surface area contributed by atoms with Crippen LogP contribution >= 0.6 is 11.6 Å². The van der Waals surface area contributed by atoms with Gasteiger partial charge in [-0.3, -0.25) is 0 Å². The largest absolute Gasteiger partial charge is 0.618 e. The standard InChI is InChI=1S/C11H14ClNO3/c1-7-5-6-13(15)9(12)8(7)10(14)16-11(2,3)4/h5-6H,1-4H3. The average molecular weight is 244 g/mol. The van der Waals surface area contributed by atoms with Crippen molar-refractivity contribution < 1.29 is 14.3 Å². The molecular formula is C11H14ClNO3. The first-order valence-electron chi connectivity index (χ1n) is 4.84. The molecule has 0 saturated carbocycles. The van der Waals surface area contributed by atoms with Crippen LogP contribution in [0.3, 0.4) is 0 Å². The second kappa shape index (κ2) is 4.29. The number of pyridine rings is 1. The molecule has 0 N–H and O–H groups in total. The Bertz CT molecular complexity index is 424. The lowest BCUT2D eigenvalue weighted by Gasteiger charge is -2.20. The van der Waals surface area contributed by atoms with Gasteiger partial charge in [0, 0.05) is 6.07 Å². The van der Waals surface area contributed by atoms with E-state index in [1.54, 1.807) is 27.7 Å². The Hall–Kier alpha value is -1.29. The summed E-state index contributed by atoms with van der Waals surface area (Å²) in [4.78, 5) is 11.8. The second-order valence-electron chi connectivity index (χ2n) is 4.49. The fourth-order valence-electron chi connectivity index (χ4n) is 1.18. The van der Waals surface area contributed by atoms with E-state index >= 15 is 0 Å². The van der Waals surface area contributed by atoms with Crippen molar-refractivity contribution in [2.24, 2.45) is 0 Å². The van der Waals surface area contributed by atoms with Crippen LogP contribution in [-0.4, -0.2) is 11.6 Å². The number of carbonyl (C=O) groups is 1. The van der Waals surface area contributed by atoms with Gasteiger partial charge in [0.15, 0.2) is 6.20 Å². The molecule has 0 spiro atoms. The van der Waals surface area contributed by atoms with Crippen LogP contribution < -0.4 is 4.73 Å². The van der Waals surface area contributed by atoms with E-state index in [-0.39, 0.29) is 10.7 Å². The minimum absolute atomic E-state index is 0.120. The van der Waals surface area contributed by atoms with E-state index in [0.717, 1.165) is 0 Å². The molecule has 0 bridgehead atoms. The monoisotopic (exact) mass is 243 g/mol. The number of halogens is 1. The molecule has 0 aromatic carbocycles. The summed E-state index contributed by atoms with van der Waals surface area (Å²) in [6.45, 7) is 6.96. The average Bonchev–Trinajstić information content (AvgIpc) is 2.09. The van der Waals surface area contributed by atoms with Gasteiger partial charge in [-0.25, -0.2) is 4.79 Å². The fraction of sp³-hybridized carbons (Fsp3) is 0.455. The number of rotatable bonds is 1. The number of ether oxygens (including phenoxy) is 1. The van der Waals surface area contributed by atoms with Gasteiger partial charge in [0.1, 0.15) is 11.2 Å². The predicted octanol–water partition coefficient (Wildman–Crippen LogP) is 2.24. The second-order valence-corrected chi connectivity index (χ2v) is 4.85. The summed E-state index contributed by atoms with van der Waals surface area (Å²) in [5.41, 5.74) is 0.122. The molecule has 16 heavy (non-hydrogen) atoms. The van der Waals surface area contributed by atoms with Gasteiger partial charge in [-0.2, -0.15) is 4.73 Å². The Morgan fingerprint density at radius 2 is 2.06 bits per heavy atom. The smallest absolute Gasteiger partial charge is 0.346 e. The van der Waals surface area contributed by atoms with E-state index in [4.69, 9.17) is 16.3 Å². The van der Waals surface area contributed by atoms with E-state index < -0.39 is 11.6 Å². The first-order chi connectivity index (χ1) is 7.22. The Morgan fingerprint density at radius 3 is 2.56 bits per heavy atom. The molecule has 5 heteroatoms. The maximum Gasteiger partial charge on any atom is 0.346 e. The quantitative estimate of drug-likeness (QED) is 0.329. The lowest BCUT2D eigenvalue weighted by Crippen LogP contribution is -2.32. The van der Waals surface area contributed by atoms with E-state index in [1.165, 1.54) is 12.3 Å². The van der Waals surface area contributed by atoms with Gasteiger partial charge in [0.2, 0.25) is 0 Å². The van der Waals surface area contributed by atoms with E-state index in [9.17, 15) is 10.0 Å². The number of carbonyl (C=O) groups excluding carboxylic acids is 1. The molecule has 0 fully saturated rings. The molecule has 1 aromatic rings. The van der Waals surface area contributed by atoms with E-state index in [0.29, 0.717) is 10.3 Å². The van der Waals surface area contributed by atoms with Crippen LogP contribution in [0, 0.1) is 12.1 Å². The zero-order chi connectivity index (χ0) is 12.5. The van der Waals surface area contributed by atoms with Crippen LogP contribution in [0.4, 0.5) is 0 Å². The Kier molecular flexibility index (Phi) is 3.43. The maximum atomic E-state index is 11.8. The molecule has 0 atom stereocenters. The fourth-order valence-corrected chi connectivity index (χ4v) is 1.46. The van der Waals surface area contributed by atoms with Crippen molar-refractivity contribution in [1.29, 1.82) is 0 Å². The van der Waals surface area contributed by atoms with Crippen LogP contribution in [0.1, 0.15) is 36.7 Å². The number of hydrogen-bond donors (Lipinski definition) is 0. The van der Waals surface area contributed by atoms with Crippen LogP contribution in [-0.2, 0) is 4.74 Å². The highest BCUT2D eigenvalue weighted by molar-refractivity contribution is 6.31. The third-order valence-electron chi connectivity index (χ3n) is 1.86. The summed E-state index contributed by atoms with van der Waals surface area (Å²) in [7, 11) is 0. The van der Waals surface area contributed by atoms with Gasteiger partial charge in [-0.05, 0) is 44.9 Å². The molecule has 0 saturated heterocycles. The van der Waals surface area contributed by atoms with Crippen LogP contribution in [0.2, 0.25) is 5.15 Å². The Morgan fingerprint density at radius 1 is 1.50 bits per heavy atom. The van der Waals surface area contributed by atoms with Crippen LogP contribution in [0.25, 0.3) is 0 Å². The van der Waals surface area contributed by atoms with Gasteiger partial charge in [-0.15, -0.1) is 0 Å². The summed E-state index contributed by atoms with van der Waals surface area (Å²) in [5.74, 6) is -0.583. The highest BCUT2D eigenvalue weighted by Crippen LogP contribution is 2.19. The van der Waals surface area contributed by atoms with Crippen molar-refractivity contribution in [2.75, 3.05) is 0 Å². The Balaban J connectivity index is 3.14. The molecule has 0 radical (unpaired) electrons. The molecule has 0 aliphatic rings. The minimum atomic E-state index is -0.615. The Labute approximate surface area is 99.4 Å². The van der Waals surface area contributed by atoms with Gasteiger partial charge < -0.3 is 9.94 Å². The molecule has 0 aliphatic carbocycles. The summed E-state index contributed by atoms with van der Waals surface area (Å²) >= 11 is 5.77. The van der Waals surface area contributed by atoms with Gasteiger partial charge in [0.25, 0.3) is 0 Å². The highest BCUT2D eigenvalue weighted by atomic mass is 35.5. The van der Waals surface area contributed by atoms with E-state index in [1.807, 2.05) is 0 Å². The highest BCUT2D eigenvalue weighted by Gasteiger charge is 2.25. The van der Waals surface area contributed by atoms with Crippen LogP contribution in [0.15, 0.2) is 12.3 Å². The topological polar surface area (TPSA) is 53.2 Å². The number of aryl methyl sites for hydroxylation is 1. The number of hydrogen-bond acceptors (Lipinski definition) is 3. The number of esters is 1. The summed E-state index contributed by atoms with van der Waals surface area (Å²) in [5, 5.41) is 11.1. The zero-order valence-electron chi connectivity index (χ0n) is 9.70. The van der Waals surface area contributed by atoms with Crippen molar-refractivity contribution in [3.05, 3.63) is 33.8 Å². The van der Waals surface area contributed by atoms with Crippen molar-refractivity contribution in [2.45, 2.75) is 33.3 Å². The lowest BCUT2D eigenvalue weighted by molar-refractivity contribution is -0.603. The van der Waals surface area contributed by atoms with Gasteiger partial charge >= 0.3 is 11.1 Å². The molecule has 1 heterocycles. The van der Waals surface area contributed by atoms with Crippen LogP contribution in [0.5, 0.6) is 0 Å². The normalized spacial score (nSPS) is 11.3. The molecule has 0 unspecified atom stereocenters. The van der Waals surface area contributed by atoms with Crippen molar-refractivity contribution >= 4 is 17.6 Å². The molecule has 1 aromatic heterocycles. The third kappa shape index (κ3) is 2.85. The lowest BCUT2D eigenvalue weighted by atomic mass is 10.1. The summed E-state index contributed by atoms with van der Waals surface area (Å²) < 4.78 is 5.60. The first-order valence-corrected chi connectivity index (χ1v) is 5.22. The van der Waals surface area contributed by atoms with Crippen molar-refractivity contribution in [3.8, 4) is 0 Å². The molecule has 4 nitrogen and oxygen atoms in total. The molecule has 0 aliphatic heterocycles. The number of aromatic nitrogens is 1. The predicted molar refractivity (Wildman–Crippen MR) is 60.3 cm³/mol. The van der Waals surface area contributed by atoms with Crippen molar-refractivity contribution in [1.82, 2.24) is 0 Å². The van der Waals surface area contributed by atoms with Gasteiger partial charge in [0.05, 0.1) is 0 Å². The molecule has 88 valence electrons. The number of nitrogens with zero attached hydrogens (tertiary/aromatic N) is 1. The third-order valence-corrected chi connectivity index (χ3v) is 2.21. The van der Waals surface area contributed by atoms with Gasteiger partial charge in [-0.1, -0.05) is 0 Å². The van der Waals surface area contributed by atoms with E-state index in [2.05, 4.69) is 0 Å². The zero-order valence-corrected chi connectivity index (χ0v) is 10.5. The SMILES string of the molecule is Cc1cc[n+]([O-])c(Cl)c1C(=O)OC(C)(C)C. The minimum Gasteiger partial charge on any atom is -0.618 e. The molecular weight excluding hydrogens is 230 g/mol. The summed E-state index contributed by atoms with van der Waals surface area (Å²) in [6.07, 6.45) is 1.26. The first kappa shape index (κ1) is 12.8.